The molecule has 3 aliphatic heterocycles. The smallest absolute Gasteiger partial charge is 0.355 e. The number of halogens is 5. The summed E-state index contributed by atoms with van der Waals surface area (Å²) < 4.78 is 34.4. The molecule has 2 N–H and O–H groups in total. The van der Waals surface area contributed by atoms with E-state index in [1.54, 1.807) is 75.8 Å². The lowest BCUT2D eigenvalue weighted by Crippen LogP contribution is -2.58. The first kappa shape index (κ1) is 95.6. The van der Waals surface area contributed by atoms with E-state index in [2.05, 4.69) is 55.0 Å². The first-order chi connectivity index (χ1) is 62.1. The molecule has 9 aromatic heterocycles. The van der Waals surface area contributed by atoms with Crippen LogP contribution in [0.2, 0.25) is 15.1 Å². The van der Waals surface area contributed by atoms with Gasteiger partial charge in [0.1, 0.15) is 34.8 Å². The van der Waals surface area contributed by atoms with Gasteiger partial charge >= 0.3 is 17.1 Å². The molecule has 0 radical (unpaired) electrons. The number of phenols is 1. The van der Waals surface area contributed by atoms with Crippen molar-refractivity contribution in [2.45, 2.75) is 185 Å². The minimum absolute atomic E-state index is 0.00260. The molecule has 4 amide bonds. The number of nitrogens with zero attached hydrogens (tertiary/aromatic N) is 18. The van der Waals surface area contributed by atoms with Crippen LogP contribution < -0.4 is 37.1 Å². The SMILES string of the molecule is C=CC(=O)N1CC(C)N(c2nc(=O)n(-c3c(C)ccnc3C(C)C)c3nc(-c4cc(O)ccc4F)c(Cl)cc23)CC1C.C=CC(=O)N1CC(C)N(c2nc(=O)n(-c3c(C)ccnc3C(C)C)c3nc(-c4ccccc4NC(=O)C(C)(C)C)c(Cl)cc23)CC1C.C=CC(=O)N1CC(C)N(c2nc(=O)n(-c3c(CC)ccnc3C(C)C)c3nc(-c4ccccc4F)c(Cl)cc23)CC1C. The van der Waals surface area contributed by atoms with Gasteiger partial charge in [0.25, 0.3) is 0 Å². The summed E-state index contributed by atoms with van der Waals surface area (Å²) in [5.74, 6) is -0.684. The van der Waals surface area contributed by atoms with Crippen molar-refractivity contribution in [2.75, 3.05) is 59.3 Å². The molecule has 0 bridgehead atoms. The number of fused-ring (bicyclic) bond motifs is 3. The number of aromatic hydroxyl groups is 1. The molecule has 131 heavy (non-hydrogen) atoms. The molecule has 32 heteroatoms. The van der Waals surface area contributed by atoms with Crippen molar-refractivity contribution < 1.29 is 33.1 Å². The summed E-state index contributed by atoms with van der Waals surface area (Å²) in [5.41, 5.74) is 7.18. The molecule has 0 spiro atoms. The van der Waals surface area contributed by atoms with E-state index in [1.165, 1.54) is 50.1 Å². The van der Waals surface area contributed by atoms with E-state index >= 15 is 8.78 Å². The zero-order valence-corrected chi connectivity index (χ0v) is 79.1. The fourth-order valence-electron chi connectivity index (χ4n) is 17.2. The predicted octanol–water partition coefficient (Wildman–Crippen LogP) is 17.8. The van der Waals surface area contributed by atoms with Crippen molar-refractivity contribution >= 4 is 115 Å². The monoisotopic (exact) mass is 1830 g/mol. The van der Waals surface area contributed by atoms with Gasteiger partial charge in [0.15, 0.2) is 16.9 Å². The summed E-state index contributed by atoms with van der Waals surface area (Å²) in [6.07, 6.45) is 9.75. The Hall–Kier alpha value is -13.0. The largest absolute Gasteiger partial charge is 0.508 e. The molecule has 3 saturated heterocycles. The molecule has 682 valence electrons. The van der Waals surface area contributed by atoms with Crippen LogP contribution in [-0.4, -0.2) is 178 Å². The van der Waals surface area contributed by atoms with Crippen LogP contribution in [0, 0.1) is 30.9 Å². The van der Waals surface area contributed by atoms with E-state index < -0.39 is 34.1 Å². The van der Waals surface area contributed by atoms with Crippen molar-refractivity contribution in [1.82, 2.24) is 73.3 Å². The average Bonchev–Trinajstić information content (AvgIpc) is 0.740. The number of para-hydroxylation sites is 1. The molecule has 6 unspecified atom stereocenters. The van der Waals surface area contributed by atoms with E-state index in [-0.39, 0.29) is 122 Å². The van der Waals surface area contributed by atoms with Gasteiger partial charge in [-0.25, -0.2) is 51.8 Å². The molecular weight excluding hydrogens is 1730 g/mol. The lowest BCUT2D eigenvalue weighted by atomic mass is 9.95. The van der Waals surface area contributed by atoms with Gasteiger partial charge in [-0.05, 0) is 187 Å². The van der Waals surface area contributed by atoms with E-state index in [0.717, 1.165) is 34.1 Å². The third kappa shape index (κ3) is 18.9. The van der Waals surface area contributed by atoms with Gasteiger partial charge in [-0.2, -0.15) is 15.0 Å². The number of rotatable bonds is 17. The molecule has 15 rings (SSSR count). The van der Waals surface area contributed by atoms with Crippen molar-refractivity contribution in [3.63, 3.8) is 0 Å². The molecule has 3 fully saturated rings. The third-order valence-corrected chi connectivity index (χ3v) is 24.9. The molecule has 12 aromatic rings. The van der Waals surface area contributed by atoms with Crippen molar-refractivity contribution in [1.29, 1.82) is 0 Å². The van der Waals surface area contributed by atoms with Gasteiger partial charge in [-0.15, -0.1) is 0 Å². The van der Waals surface area contributed by atoms with Crippen LogP contribution >= 0.6 is 34.8 Å². The quantitative estimate of drug-likeness (QED) is 0.0800. The Morgan fingerprint density at radius 1 is 0.466 bits per heavy atom. The maximum Gasteiger partial charge on any atom is 0.355 e. The molecule has 12 heterocycles. The summed E-state index contributed by atoms with van der Waals surface area (Å²) >= 11 is 20.6. The molecule has 0 saturated carbocycles. The Labute approximate surface area is 774 Å². The number of anilines is 4. The highest BCUT2D eigenvalue weighted by Crippen LogP contribution is 2.43. The Morgan fingerprint density at radius 3 is 1.18 bits per heavy atom. The highest BCUT2D eigenvalue weighted by Gasteiger charge is 2.40. The van der Waals surface area contributed by atoms with Crippen molar-refractivity contribution in [3.05, 3.63) is 252 Å². The Balaban J connectivity index is 0.000000168. The second-order valence-electron chi connectivity index (χ2n) is 35.5. The first-order valence-corrected chi connectivity index (χ1v) is 44.8. The lowest BCUT2D eigenvalue weighted by Gasteiger charge is -2.44. The van der Waals surface area contributed by atoms with Gasteiger partial charge in [0, 0.05) is 116 Å². The number of phenolic OH excluding ortho intramolecular Hbond substituents is 1. The minimum Gasteiger partial charge on any atom is -0.508 e. The van der Waals surface area contributed by atoms with Crippen LogP contribution in [0.3, 0.4) is 0 Å². The van der Waals surface area contributed by atoms with Crippen LogP contribution in [0.5, 0.6) is 5.75 Å². The first-order valence-electron chi connectivity index (χ1n) is 43.7. The summed E-state index contributed by atoms with van der Waals surface area (Å²) in [7, 11) is 0. The fraction of sp³-hybridized carbons (Fsp3) is 0.354. The number of amides is 4. The number of benzene rings is 3. The maximum atomic E-state index is 15.0. The van der Waals surface area contributed by atoms with Gasteiger partial charge < -0.3 is 39.8 Å². The van der Waals surface area contributed by atoms with E-state index in [0.29, 0.717) is 135 Å². The second kappa shape index (κ2) is 39.0. The highest BCUT2D eigenvalue weighted by atomic mass is 35.5. The number of pyridine rings is 6. The van der Waals surface area contributed by atoms with Crippen LogP contribution in [0.25, 0.3) is 83.9 Å². The van der Waals surface area contributed by atoms with E-state index in [1.807, 2.05) is 176 Å². The molecule has 6 atom stereocenters. The normalized spacial score (nSPS) is 17.1. The van der Waals surface area contributed by atoms with Crippen LogP contribution in [0.15, 0.2) is 174 Å². The summed E-state index contributed by atoms with van der Waals surface area (Å²) in [5, 5.41) is 15.4. The maximum absolute atomic E-state index is 15.0. The van der Waals surface area contributed by atoms with Gasteiger partial charge in [-0.3, -0.25) is 34.1 Å². The number of nitrogens with one attached hydrogen (secondary N) is 1. The zero-order valence-electron chi connectivity index (χ0n) is 76.8. The van der Waals surface area contributed by atoms with Crippen LogP contribution in [0.1, 0.15) is 162 Å². The number of aromatic nitrogens is 12. The van der Waals surface area contributed by atoms with E-state index in [9.17, 15) is 38.7 Å². The molecule has 27 nitrogen and oxygen atoms in total. The third-order valence-electron chi connectivity index (χ3n) is 24.0. The molecule has 0 aliphatic carbocycles. The summed E-state index contributed by atoms with van der Waals surface area (Å²) in [4.78, 5) is 147. The zero-order chi connectivity index (χ0) is 95.1. The predicted molar refractivity (Wildman–Crippen MR) is 515 cm³/mol. The standard InChI is InChI=1S/C36H42ClN7O3.C32H34ClFN6O2.C31H32ClFN6O3/c1-10-28(45)42-18-23(6)43(19-22(42)5)32-25-17-26(37)30(24-13-11-12-14-27(24)39-34(46)36(7,8)9)40-33(25)44(35(47)41-32)31-21(4)15-16-38-29(31)20(2)3;1-7-21-13-14-35-27(18(3)4)29(21)40-31-23(15-24(33)28(36-31)22-11-9-10-12-25(22)34)30(37-32(40)42)39-17-19(5)38(16-20(39)6)26(41)8-2;1-7-25(41)37-14-19(6)38(15-18(37)5)29-22-13-23(32)27(21-12-20(40)8-9-24(21)33)35-30(22)39(31(42)36-29)28-17(4)10-11-34-26(28)16(2)3/h10-17,20,22-23H,1,18-19H2,2-9H3,(H,39,46);8-15,18-20H,2,7,16-17H2,1,3-6H3;7-13,16,18-19,40H,1,14-15H2,2-6H3. The summed E-state index contributed by atoms with van der Waals surface area (Å²) in [6, 6.07) is 26.8. The van der Waals surface area contributed by atoms with Crippen molar-refractivity contribution in [2.24, 2.45) is 5.41 Å². The average molecular weight is 1840 g/mol. The Morgan fingerprint density at radius 2 is 0.809 bits per heavy atom. The molecule has 3 aromatic carbocycles. The number of carbonyl (C=O) groups is 4. The van der Waals surface area contributed by atoms with Crippen LogP contribution in [-0.2, 0) is 25.6 Å². The molecular formula is C99H108Cl3F2N19O8. The lowest BCUT2D eigenvalue weighted by molar-refractivity contribution is -0.129. The summed E-state index contributed by atoms with van der Waals surface area (Å²) in [6.45, 7) is 48.6. The van der Waals surface area contributed by atoms with Gasteiger partial charge in [-0.1, -0.05) is 154 Å². The minimum atomic E-state index is -0.631. The Bertz CT molecular complexity index is 6750. The topological polar surface area (TPSA) is 302 Å². The van der Waals surface area contributed by atoms with Crippen LogP contribution in [0.4, 0.5) is 31.9 Å². The number of hydrogen-bond acceptors (Lipinski definition) is 20. The molecule has 3 aliphatic rings. The number of piperazine rings is 3. The number of hydrogen-bond donors (Lipinski definition) is 2. The fourth-order valence-corrected chi connectivity index (χ4v) is 17.9. The second-order valence-corrected chi connectivity index (χ2v) is 36.7. The number of aryl methyl sites for hydroxylation is 3. The van der Waals surface area contributed by atoms with Crippen molar-refractivity contribution in [3.8, 4) is 56.6 Å². The van der Waals surface area contributed by atoms with Gasteiger partial charge in [0.2, 0.25) is 23.6 Å². The Kier molecular flexibility index (Phi) is 28.4. The number of carbonyl (C=O) groups excluding carboxylic acids is 4. The van der Waals surface area contributed by atoms with E-state index in [4.69, 9.17) is 49.8 Å². The highest BCUT2D eigenvalue weighted by molar-refractivity contribution is 6.35. The van der Waals surface area contributed by atoms with Gasteiger partial charge in [0.05, 0.1) is 88.1 Å².